The van der Waals surface area contributed by atoms with Gasteiger partial charge in [0.2, 0.25) is 15.9 Å². The second-order valence-corrected chi connectivity index (χ2v) is 12.4. The number of benzene rings is 2. The van der Waals surface area contributed by atoms with Crippen LogP contribution in [0, 0.1) is 24.2 Å². The molecule has 2 N–H and O–H groups in total. The summed E-state index contributed by atoms with van der Waals surface area (Å²) in [4.78, 5) is 26.6. The molecule has 0 fully saturated rings. The molecule has 37 heavy (non-hydrogen) atoms. The van der Waals surface area contributed by atoms with Crippen LogP contribution in [0.2, 0.25) is 0 Å². The molecule has 0 aliphatic heterocycles. The third-order valence-corrected chi connectivity index (χ3v) is 9.21. The highest BCUT2D eigenvalue weighted by Gasteiger charge is 2.26. The van der Waals surface area contributed by atoms with Crippen molar-refractivity contribution in [2.45, 2.75) is 44.6 Å². The van der Waals surface area contributed by atoms with Crippen LogP contribution in [0.4, 0.5) is 0 Å². The molecule has 1 atom stereocenters. The van der Waals surface area contributed by atoms with Crippen LogP contribution in [0.1, 0.15) is 47.5 Å². The zero-order chi connectivity index (χ0) is 27.2. The molecule has 1 aromatic heterocycles. The van der Waals surface area contributed by atoms with E-state index in [1.807, 2.05) is 51.1 Å². The Balaban J connectivity index is 1.59. The van der Waals surface area contributed by atoms with Crippen molar-refractivity contribution in [3.63, 3.8) is 0 Å². The van der Waals surface area contributed by atoms with E-state index in [1.165, 1.54) is 34.8 Å². The highest BCUT2D eigenvalue weighted by molar-refractivity contribution is 7.89. The smallest absolute Gasteiger partial charge is 0.262 e. The van der Waals surface area contributed by atoms with Crippen LogP contribution >= 0.6 is 11.3 Å². The fourth-order valence-corrected chi connectivity index (χ4v) is 6.49. The second-order valence-electron chi connectivity index (χ2n) is 9.29. The van der Waals surface area contributed by atoms with Crippen molar-refractivity contribution >= 4 is 43.3 Å². The van der Waals surface area contributed by atoms with Crippen molar-refractivity contribution in [3.8, 4) is 6.07 Å². The minimum Gasteiger partial charge on any atom is -0.354 e. The van der Waals surface area contributed by atoms with Gasteiger partial charge in [-0.15, -0.1) is 11.3 Å². The molecule has 3 rings (SSSR count). The largest absolute Gasteiger partial charge is 0.354 e. The van der Waals surface area contributed by atoms with E-state index in [1.54, 1.807) is 12.1 Å². The topological polar surface area (TPSA) is 119 Å². The van der Waals surface area contributed by atoms with Gasteiger partial charge in [0.25, 0.3) is 5.91 Å². The van der Waals surface area contributed by atoms with E-state index in [2.05, 4.69) is 10.6 Å². The number of aryl methyl sites for hydroxylation is 1. The van der Waals surface area contributed by atoms with Gasteiger partial charge in [0.05, 0.1) is 15.3 Å². The van der Waals surface area contributed by atoms with Crippen LogP contribution in [-0.4, -0.2) is 50.7 Å². The summed E-state index contributed by atoms with van der Waals surface area (Å²) in [7, 11) is -2.39. The maximum atomic E-state index is 13.1. The Morgan fingerprint density at radius 1 is 1.11 bits per heavy atom. The third-order valence-electron chi connectivity index (χ3n) is 6.02. The quantitative estimate of drug-likeness (QED) is 0.356. The van der Waals surface area contributed by atoms with Gasteiger partial charge >= 0.3 is 0 Å². The molecule has 0 saturated heterocycles. The van der Waals surface area contributed by atoms with Crippen LogP contribution in [-0.2, 0) is 14.8 Å². The van der Waals surface area contributed by atoms with E-state index in [4.69, 9.17) is 0 Å². The number of nitrogens with one attached hydrogen (secondary N) is 2. The van der Waals surface area contributed by atoms with Gasteiger partial charge in [0, 0.05) is 24.8 Å². The minimum atomic E-state index is -3.83. The fourth-order valence-electron chi connectivity index (χ4n) is 4.03. The van der Waals surface area contributed by atoms with Crippen molar-refractivity contribution in [2.75, 3.05) is 20.1 Å². The van der Waals surface area contributed by atoms with Gasteiger partial charge in [-0.3, -0.25) is 9.59 Å². The minimum absolute atomic E-state index is 0.0414. The summed E-state index contributed by atoms with van der Waals surface area (Å²) >= 11 is 1.41. The number of nitriles is 1. The molecule has 0 spiro atoms. The molecule has 8 nitrogen and oxygen atoms in total. The monoisotopic (exact) mass is 540 g/mol. The number of rotatable bonds is 11. The number of carbonyl (C=O) groups is 2. The summed E-state index contributed by atoms with van der Waals surface area (Å²) in [6.07, 6.45) is 0.842. The number of thiophene rings is 1. The second kappa shape index (κ2) is 12.3. The van der Waals surface area contributed by atoms with Gasteiger partial charge in [-0.1, -0.05) is 44.2 Å². The van der Waals surface area contributed by atoms with Crippen molar-refractivity contribution in [1.82, 2.24) is 14.9 Å². The molecule has 0 aliphatic carbocycles. The summed E-state index contributed by atoms with van der Waals surface area (Å²) in [5.41, 5.74) is 0.979. The summed E-state index contributed by atoms with van der Waals surface area (Å²) in [6, 6.07) is 15.1. The zero-order valence-corrected chi connectivity index (χ0v) is 23.1. The first-order valence-corrected chi connectivity index (χ1v) is 14.3. The van der Waals surface area contributed by atoms with Crippen LogP contribution in [0.25, 0.3) is 10.1 Å². The van der Waals surface area contributed by atoms with E-state index in [0.717, 1.165) is 15.6 Å². The number of sulfonamides is 1. The van der Waals surface area contributed by atoms with Crippen LogP contribution in [0.15, 0.2) is 53.4 Å². The Hall–Kier alpha value is -3.26. The summed E-state index contributed by atoms with van der Waals surface area (Å²) < 4.78 is 27.9. The molecule has 3 aromatic rings. The standard InChI is InChI=1S/C27H32N4O4S2/c1-18(2)16-22(30-27(33)25-19(3)21-11-6-7-12-23(21)36-25)26(32)29-14-9-15-31(4)37(34,35)24-13-8-5-10-20(24)17-28/h5-8,10-13,18,22H,9,14-16H2,1-4H3,(H,29,32)(H,30,33)/t22-/m0/s1. The summed E-state index contributed by atoms with van der Waals surface area (Å²) in [6.45, 7) is 6.27. The van der Waals surface area contributed by atoms with Crippen molar-refractivity contribution in [3.05, 3.63) is 64.5 Å². The molecule has 196 valence electrons. The Labute approximate surface area is 222 Å². The third kappa shape index (κ3) is 6.74. The lowest BCUT2D eigenvalue weighted by molar-refractivity contribution is -0.123. The van der Waals surface area contributed by atoms with E-state index in [9.17, 15) is 23.3 Å². The predicted octanol–water partition coefficient (Wildman–Crippen LogP) is 4.05. The fraction of sp³-hybridized carbons (Fsp3) is 0.370. The highest BCUT2D eigenvalue weighted by Crippen LogP contribution is 2.30. The molecular weight excluding hydrogens is 508 g/mol. The zero-order valence-electron chi connectivity index (χ0n) is 21.4. The Morgan fingerprint density at radius 3 is 2.46 bits per heavy atom. The maximum Gasteiger partial charge on any atom is 0.262 e. The van der Waals surface area contributed by atoms with Gasteiger partial charge in [-0.25, -0.2) is 12.7 Å². The van der Waals surface area contributed by atoms with Gasteiger partial charge in [0.15, 0.2) is 0 Å². The molecule has 0 bridgehead atoms. The Bertz CT molecular complexity index is 1420. The highest BCUT2D eigenvalue weighted by atomic mass is 32.2. The number of carbonyl (C=O) groups excluding carboxylic acids is 2. The average molecular weight is 541 g/mol. The van der Waals surface area contributed by atoms with E-state index >= 15 is 0 Å². The van der Waals surface area contributed by atoms with Crippen molar-refractivity contribution in [2.24, 2.45) is 5.92 Å². The molecule has 0 radical (unpaired) electrons. The lowest BCUT2D eigenvalue weighted by Crippen LogP contribution is -2.47. The SMILES string of the molecule is Cc1c(C(=O)N[C@@H](CC(C)C)C(=O)NCCCN(C)S(=O)(=O)c2ccccc2C#N)sc2ccccc12. The number of amides is 2. The number of hydrogen-bond acceptors (Lipinski definition) is 6. The van der Waals surface area contributed by atoms with Gasteiger partial charge < -0.3 is 10.6 Å². The number of nitrogens with zero attached hydrogens (tertiary/aromatic N) is 2. The van der Waals surface area contributed by atoms with Gasteiger partial charge in [-0.05, 0) is 54.8 Å². The lowest BCUT2D eigenvalue weighted by atomic mass is 10.0. The molecule has 2 amide bonds. The van der Waals surface area contributed by atoms with Gasteiger partial charge in [-0.2, -0.15) is 5.26 Å². The summed E-state index contributed by atoms with van der Waals surface area (Å²) in [5, 5.41) is 16.0. The first kappa shape index (κ1) is 28.3. The first-order chi connectivity index (χ1) is 17.6. The predicted molar refractivity (Wildman–Crippen MR) is 146 cm³/mol. The van der Waals surface area contributed by atoms with Crippen molar-refractivity contribution in [1.29, 1.82) is 5.26 Å². The number of hydrogen-bond donors (Lipinski definition) is 2. The van der Waals surface area contributed by atoms with Crippen LogP contribution in [0.5, 0.6) is 0 Å². The molecular formula is C27H32N4O4S2. The van der Waals surface area contributed by atoms with Crippen molar-refractivity contribution < 1.29 is 18.0 Å². The molecule has 0 aliphatic rings. The Kier molecular flexibility index (Phi) is 9.43. The van der Waals surface area contributed by atoms with E-state index in [0.29, 0.717) is 17.7 Å². The molecule has 0 unspecified atom stereocenters. The molecule has 1 heterocycles. The molecule has 10 heteroatoms. The average Bonchev–Trinajstić information content (AvgIpc) is 3.22. The Morgan fingerprint density at radius 2 is 1.78 bits per heavy atom. The summed E-state index contributed by atoms with van der Waals surface area (Å²) in [5.74, 6) is -0.404. The maximum absolute atomic E-state index is 13.1. The lowest BCUT2D eigenvalue weighted by Gasteiger charge is -2.21. The number of fused-ring (bicyclic) bond motifs is 1. The van der Waals surface area contributed by atoms with E-state index < -0.39 is 16.1 Å². The normalized spacial score (nSPS) is 12.5. The van der Waals surface area contributed by atoms with E-state index in [-0.39, 0.29) is 41.3 Å². The van der Waals surface area contributed by atoms with Crippen LogP contribution in [0.3, 0.4) is 0 Å². The first-order valence-electron chi connectivity index (χ1n) is 12.1. The van der Waals surface area contributed by atoms with Gasteiger partial charge in [0.1, 0.15) is 12.1 Å². The van der Waals surface area contributed by atoms with Crippen LogP contribution < -0.4 is 10.6 Å². The molecule has 2 aromatic carbocycles. The molecule has 0 saturated carbocycles.